The first kappa shape index (κ1) is 47.7. The molecule has 1 aromatic heterocycles. The first-order chi connectivity index (χ1) is 33.7. The number of benzene rings is 3. The van der Waals surface area contributed by atoms with Crippen LogP contribution in [-0.4, -0.2) is 137 Å². The second-order valence-corrected chi connectivity index (χ2v) is 20.6. The highest BCUT2D eigenvalue weighted by molar-refractivity contribution is 6.32. The molecule has 70 heavy (non-hydrogen) atoms. The zero-order valence-corrected chi connectivity index (χ0v) is 40.3. The summed E-state index contributed by atoms with van der Waals surface area (Å²) in [6.07, 6.45) is 8.31. The van der Waals surface area contributed by atoms with Crippen LogP contribution in [0.3, 0.4) is 0 Å². The van der Waals surface area contributed by atoms with Crippen molar-refractivity contribution in [1.82, 2.24) is 29.9 Å². The maximum atomic E-state index is 14.2. The quantitative estimate of drug-likeness (QED) is 0.174. The second-order valence-electron chi connectivity index (χ2n) is 20.2. The molecule has 1 aliphatic carbocycles. The number of carbonyl (C=O) groups excluding carboxylic acids is 6. The van der Waals surface area contributed by atoms with Gasteiger partial charge >= 0.3 is 0 Å². The maximum absolute atomic E-state index is 14.2. The molecule has 1 saturated carbocycles. The molecule has 2 atom stereocenters. The highest BCUT2D eigenvalue weighted by atomic mass is 35.5. The summed E-state index contributed by atoms with van der Waals surface area (Å²) in [6.45, 7) is 8.37. The number of imide groups is 2. The lowest BCUT2D eigenvalue weighted by atomic mass is 9.63. The minimum absolute atomic E-state index is 0.00620. The number of piperazine rings is 1. The van der Waals surface area contributed by atoms with Crippen LogP contribution in [0.2, 0.25) is 5.02 Å². The Hall–Kier alpha value is -5.97. The lowest BCUT2D eigenvalue weighted by molar-refractivity contribution is -0.136. The third-order valence-electron chi connectivity index (χ3n) is 16.4. The number of carbonyl (C=O) groups is 6. The van der Waals surface area contributed by atoms with Gasteiger partial charge in [-0.05, 0) is 129 Å². The molecule has 4 aromatic rings. The van der Waals surface area contributed by atoms with E-state index < -0.39 is 41.0 Å². The van der Waals surface area contributed by atoms with E-state index in [1.54, 1.807) is 36.5 Å². The number of primary amides is 1. The van der Waals surface area contributed by atoms with Gasteiger partial charge in [0.15, 0.2) is 0 Å². The molecule has 5 aliphatic heterocycles. The van der Waals surface area contributed by atoms with Gasteiger partial charge < -0.3 is 20.3 Å². The van der Waals surface area contributed by atoms with Crippen molar-refractivity contribution < 1.29 is 37.9 Å². The Morgan fingerprint density at radius 2 is 1.54 bits per heavy atom. The highest BCUT2D eigenvalue weighted by Crippen LogP contribution is 2.47. The third kappa shape index (κ3) is 9.25. The number of pyridine rings is 1. The van der Waals surface area contributed by atoms with Gasteiger partial charge in [-0.1, -0.05) is 17.7 Å². The summed E-state index contributed by atoms with van der Waals surface area (Å²) in [7, 11) is 0. The van der Waals surface area contributed by atoms with Crippen molar-refractivity contribution in [3.63, 3.8) is 0 Å². The standard InChI is InChI=1S/C53H60ClFN8O7/c1-53(52(56)69,33-4-2-32(3-5-33)39-14-19-57-44-11-7-35(55)29-41(39)44)34-6-10-43(54)46(28-34)70-38-17-22-62(23-18-38)48(65)31-59-20-15-36(16-21-59)60-24-26-61(27-25-60)37-8-9-40-42(30-37)51(68)63(50(40)67)45-12-13-47(64)58-49(45)66/h6-11,14,19,28-30,32-33,36,38,45H,2-5,12-13,15-18,20-27,31H2,1H3,(H2,56,69)(H,58,64,66). The van der Waals surface area contributed by atoms with Gasteiger partial charge in [0.1, 0.15) is 23.7 Å². The predicted octanol–water partition coefficient (Wildman–Crippen LogP) is 5.80. The van der Waals surface area contributed by atoms with E-state index in [4.69, 9.17) is 22.1 Å². The number of halogens is 2. The Morgan fingerprint density at radius 3 is 2.26 bits per heavy atom. The number of hydrogen-bond acceptors (Lipinski definition) is 11. The van der Waals surface area contributed by atoms with E-state index in [1.807, 2.05) is 36.1 Å². The molecule has 3 N–H and O–H groups in total. The van der Waals surface area contributed by atoms with E-state index in [-0.39, 0.29) is 53.6 Å². The van der Waals surface area contributed by atoms with Crippen molar-refractivity contribution in [3.05, 3.63) is 100.0 Å². The zero-order chi connectivity index (χ0) is 48.8. The van der Waals surface area contributed by atoms with E-state index in [9.17, 15) is 33.2 Å². The summed E-state index contributed by atoms with van der Waals surface area (Å²) >= 11 is 6.73. The normalized spacial score (nSPS) is 24.2. The number of fused-ring (bicyclic) bond motifs is 2. The molecule has 0 bridgehead atoms. The Morgan fingerprint density at radius 1 is 0.814 bits per heavy atom. The van der Waals surface area contributed by atoms with Gasteiger partial charge in [0, 0.05) is 94.9 Å². The van der Waals surface area contributed by atoms with Gasteiger partial charge in [0.2, 0.25) is 23.6 Å². The Kier molecular flexibility index (Phi) is 13.4. The summed E-state index contributed by atoms with van der Waals surface area (Å²) in [5, 5.41) is 3.53. The van der Waals surface area contributed by atoms with Crippen LogP contribution < -0.4 is 20.7 Å². The molecule has 2 unspecified atom stereocenters. The number of amides is 6. The van der Waals surface area contributed by atoms with E-state index in [0.717, 1.165) is 110 Å². The monoisotopic (exact) mass is 974 g/mol. The molecule has 15 nitrogen and oxygen atoms in total. The van der Waals surface area contributed by atoms with Gasteiger partial charge in [0.25, 0.3) is 11.8 Å². The first-order valence-corrected chi connectivity index (χ1v) is 25.3. The van der Waals surface area contributed by atoms with Gasteiger partial charge in [-0.25, -0.2) is 4.39 Å². The molecule has 3 aromatic carbocycles. The van der Waals surface area contributed by atoms with Crippen molar-refractivity contribution in [2.45, 2.75) is 101 Å². The number of aromatic nitrogens is 1. The van der Waals surface area contributed by atoms with Crippen molar-refractivity contribution >= 4 is 63.6 Å². The molecule has 17 heteroatoms. The molecule has 0 spiro atoms. The molecule has 6 amide bonds. The average Bonchev–Trinajstić information content (AvgIpc) is 3.62. The molecule has 368 valence electrons. The molecule has 6 heterocycles. The number of anilines is 1. The smallest absolute Gasteiger partial charge is 0.262 e. The van der Waals surface area contributed by atoms with Crippen molar-refractivity contribution in [1.29, 1.82) is 0 Å². The number of hydrogen-bond donors (Lipinski definition) is 2. The number of nitrogens with one attached hydrogen (secondary N) is 1. The fraction of sp³-hybridized carbons (Fsp3) is 0.491. The maximum Gasteiger partial charge on any atom is 0.262 e. The Labute approximate surface area is 411 Å². The van der Waals surface area contributed by atoms with Gasteiger partial charge in [-0.2, -0.15) is 0 Å². The van der Waals surface area contributed by atoms with Crippen molar-refractivity contribution in [2.24, 2.45) is 11.7 Å². The lowest BCUT2D eigenvalue weighted by Crippen LogP contribution is -2.54. The summed E-state index contributed by atoms with van der Waals surface area (Å²) in [6, 6.07) is 16.9. The Balaban J connectivity index is 0.671. The SMILES string of the molecule is CC(C(N)=O)(c1ccc(Cl)c(OC2CCN(C(=O)CN3CCC(N4CCN(c5ccc6c(c5)C(=O)N(C5CCC(=O)NC5=O)C6=O)CC4)CC3)CC2)c1)C1CCC(c2ccnc3ccc(F)cc23)CC1. The van der Waals surface area contributed by atoms with Crippen LogP contribution in [0.4, 0.5) is 10.1 Å². The lowest BCUT2D eigenvalue weighted by Gasteiger charge is -2.43. The first-order valence-electron chi connectivity index (χ1n) is 24.9. The average molecular weight is 976 g/mol. The molecule has 10 rings (SSSR count). The van der Waals surface area contributed by atoms with Crippen LogP contribution in [-0.2, 0) is 24.6 Å². The number of nitrogens with zero attached hydrogens (tertiary/aromatic N) is 6. The molecule has 4 saturated heterocycles. The van der Waals surface area contributed by atoms with Gasteiger partial charge in [-0.3, -0.25) is 53.8 Å². The molecular formula is C53H60ClFN8O7. The van der Waals surface area contributed by atoms with Crippen molar-refractivity contribution in [2.75, 3.05) is 63.8 Å². The second kappa shape index (κ2) is 19.7. The van der Waals surface area contributed by atoms with Crippen LogP contribution >= 0.6 is 11.6 Å². The van der Waals surface area contributed by atoms with Crippen LogP contribution in [0.25, 0.3) is 10.9 Å². The summed E-state index contributed by atoms with van der Waals surface area (Å²) < 4.78 is 20.8. The minimum atomic E-state index is -0.993. The van der Waals surface area contributed by atoms with Gasteiger partial charge in [-0.15, -0.1) is 0 Å². The molecular weight excluding hydrogens is 915 g/mol. The van der Waals surface area contributed by atoms with Crippen LogP contribution in [0.15, 0.2) is 66.9 Å². The molecule has 5 fully saturated rings. The van der Waals surface area contributed by atoms with E-state index in [2.05, 4.69) is 25.0 Å². The molecule has 6 aliphatic rings. The number of ether oxygens (including phenoxy) is 1. The number of likely N-dealkylation sites (tertiary alicyclic amines) is 2. The number of rotatable bonds is 11. The largest absolute Gasteiger partial charge is 0.489 e. The third-order valence-corrected chi connectivity index (χ3v) is 16.7. The van der Waals surface area contributed by atoms with Crippen LogP contribution in [0.5, 0.6) is 5.75 Å². The summed E-state index contributed by atoms with van der Waals surface area (Å²) in [5.41, 5.74) is 9.32. The fourth-order valence-corrected chi connectivity index (χ4v) is 12.3. The highest BCUT2D eigenvalue weighted by Gasteiger charge is 2.46. The zero-order valence-electron chi connectivity index (χ0n) is 39.5. The van der Waals surface area contributed by atoms with E-state index in [0.29, 0.717) is 49.3 Å². The number of nitrogens with two attached hydrogens (primary N) is 1. The Bertz CT molecular complexity index is 2730. The van der Waals surface area contributed by atoms with Gasteiger partial charge in [0.05, 0.1) is 33.6 Å². The predicted molar refractivity (Wildman–Crippen MR) is 261 cm³/mol. The van der Waals surface area contributed by atoms with E-state index >= 15 is 0 Å². The van der Waals surface area contributed by atoms with Crippen LogP contribution in [0.1, 0.15) is 109 Å². The van der Waals surface area contributed by atoms with Crippen molar-refractivity contribution in [3.8, 4) is 5.75 Å². The molecule has 0 radical (unpaired) electrons. The van der Waals surface area contributed by atoms with Crippen LogP contribution in [0, 0.1) is 11.7 Å². The van der Waals surface area contributed by atoms with E-state index in [1.165, 1.54) is 6.07 Å². The topological polar surface area (TPSA) is 179 Å². The number of piperidine rings is 3. The summed E-state index contributed by atoms with van der Waals surface area (Å²) in [4.78, 5) is 92.1. The summed E-state index contributed by atoms with van der Waals surface area (Å²) in [5.74, 6) is -1.87. The minimum Gasteiger partial charge on any atom is -0.489 e. The fourth-order valence-electron chi connectivity index (χ4n) is 12.1.